The van der Waals surface area contributed by atoms with Crippen LogP contribution in [0.3, 0.4) is 0 Å². The second kappa shape index (κ2) is 5.84. The molecule has 0 spiro atoms. The number of alkyl halides is 1. The number of nitrogens with zero attached hydrogens (tertiary/aromatic N) is 2. The molecule has 0 saturated carbocycles. The molecule has 3 aromatic rings. The molecule has 0 radical (unpaired) electrons. The number of benzene rings is 2. The van der Waals surface area contributed by atoms with Gasteiger partial charge in [-0.1, -0.05) is 29.3 Å². The van der Waals surface area contributed by atoms with Crippen molar-refractivity contribution in [2.45, 2.75) is 6.42 Å². The maximum Gasteiger partial charge on any atom is 0.125 e. The molecule has 0 fully saturated rings. The molecular formula is C15H10Cl3FN2. The molecule has 0 aliphatic heterocycles. The van der Waals surface area contributed by atoms with Crippen molar-refractivity contribution in [3.05, 3.63) is 58.1 Å². The van der Waals surface area contributed by atoms with Crippen LogP contribution >= 0.6 is 34.8 Å². The van der Waals surface area contributed by atoms with Gasteiger partial charge in [0, 0.05) is 12.3 Å². The van der Waals surface area contributed by atoms with E-state index in [2.05, 4.69) is 4.98 Å². The van der Waals surface area contributed by atoms with Crippen LogP contribution in [0.5, 0.6) is 0 Å². The second-order valence-electron chi connectivity index (χ2n) is 4.51. The standard InChI is InChI=1S/C15H10Cl3FN2/c16-7-6-14-20-12-3-1-2-11(18)15(12)21(14)13-8-9(19)4-5-10(13)17/h1-5,8H,6-7H2. The second-order valence-corrected chi connectivity index (χ2v) is 5.70. The van der Waals surface area contributed by atoms with Crippen molar-refractivity contribution < 1.29 is 4.39 Å². The SMILES string of the molecule is Fc1ccc(Cl)c(-n2c(CCCl)nc3cccc(Cl)c32)c1. The lowest BCUT2D eigenvalue weighted by molar-refractivity contribution is 0.626. The molecule has 0 aliphatic carbocycles. The Hall–Kier alpha value is -1.29. The molecular weight excluding hydrogens is 334 g/mol. The summed E-state index contributed by atoms with van der Waals surface area (Å²) in [5.74, 6) is 0.717. The number of halogens is 4. The highest BCUT2D eigenvalue weighted by Crippen LogP contribution is 2.31. The van der Waals surface area contributed by atoms with E-state index in [1.54, 1.807) is 10.6 Å². The van der Waals surface area contributed by atoms with Crippen LogP contribution in [0.4, 0.5) is 4.39 Å². The molecule has 6 heteroatoms. The summed E-state index contributed by atoms with van der Waals surface area (Å²) in [5, 5.41) is 0.951. The first-order valence-electron chi connectivity index (χ1n) is 6.29. The Morgan fingerprint density at radius 2 is 1.90 bits per heavy atom. The van der Waals surface area contributed by atoms with Crippen molar-refractivity contribution >= 4 is 45.8 Å². The predicted octanol–water partition coefficient (Wildman–Crippen LogP) is 5.25. The summed E-state index contributed by atoms with van der Waals surface area (Å²) in [6, 6.07) is 9.62. The molecule has 21 heavy (non-hydrogen) atoms. The highest BCUT2D eigenvalue weighted by atomic mass is 35.5. The van der Waals surface area contributed by atoms with Gasteiger partial charge in [0.15, 0.2) is 0 Å². The van der Waals surface area contributed by atoms with Crippen molar-refractivity contribution in [3.8, 4) is 5.69 Å². The molecule has 108 valence electrons. The third-order valence-corrected chi connectivity index (χ3v) is 3.98. The van der Waals surface area contributed by atoms with Crippen LogP contribution in [0.1, 0.15) is 5.82 Å². The van der Waals surface area contributed by atoms with E-state index in [4.69, 9.17) is 34.8 Å². The van der Waals surface area contributed by atoms with Gasteiger partial charge in [0.1, 0.15) is 11.6 Å². The van der Waals surface area contributed by atoms with E-state index in [1.807, 2.05) is 12.1 Å². The first kappa shape index (κ1) is 14.6. The Labute approximate surface area is 136 Å². The molecule has 0 N–H and O–H groups in total. The molecule has 2 aromatic carbocycles. The number of hydrogen-bond donors (Lipinski definition) is 0. The minimum absolute atomic E-state index is 0.375. The summed E-state index contributed by atoms with van der Waals surface area (Å²) < 4.78 is 15.4. The third kappa shape index (κ3) is 2.61. The Balaban J connectivity index is 2.38. The predicted molar refractivity (Wildman–Crippen MR) is 85.5 cm³/mol. The fourth-order valence-corrected chi connectivity index (χ4v) is 2.93. The topological polar surface area (TPSA) is 17.8 Å². The normalized spacial score (nSPS) is 11.2. The zero-order chi connectivity index (χ0) is 15.0. The highest BCUT2D eigenvalue weighted by molar-refractivity contribution is 6.35. The van der Waals surface area contributed by atoms with Crippen LogP contribution in [0.15, 0.2) is 36.4 Å². The van der Waals surface area contributed by atoms with Crippen molar-refractivity contribution in [2.24, 2.45) is 0 Å². The van der Waals surface area contributed by atoms with E-state index < -0.39 is 0 Å². The van der Waals surface area contributed by atoms with Crippen LogP contribution < -0.4 is 0 Å². The maximum atomic E-state index is 13.6. The lowest BCUT2D eigenvalue weighted by Gasteiger charge is -2.11. The van der Waals surface area contributed by atoms with Gasteiger partial charge in [-0.2, -0.15) is 0 Å². The minimum Gasteiger partial charge on any atom is -0.293 e. The van der Waals surface area contributed by atoms with Gasteiger partial charge >= 0.3 is 0 Å². The average molecular weight is 344 g/mol. The summed E-state index contributed by atoms with van der Waals surface area (Å²) in [6.45, 7) is 0. The fourth-order valence-electron chi connectivity index (χ4n) is 2.30. The quantitative estimate of drug-likeness (QED) is 0.594. The number of fused-ring (bicyclic) bond motifs is 1. The maximum absolute atomic E-state index is 13.6. The van der Waals surface area contributed by atoms with E-state index in [0.29, 0.717) is 39.4 Å². The molecule has 0 atom stereocenters. The van der Waals surface area contributed by atoms with Gasteiger partial charge in [-0.25, -0.2) is 9.37 Å². The van der Waals surface area contributed by atoms with Gasteiger partial charge in [-0.3, -0.25) is 4.57 Å². The number of aryl methyl sites for hydroxylation is 1. The van der Waals surface area contributed by atoms with Crippen molar-refractivity contribution in [1.29, 1.82) is 0 Å². The fraction of sp³-hybridized carbons (Fsp3) is 0.133. The first-order chi connectivity index (χ1) is 10.1. The summed E-state index contributed by atoms with van der Waals surface area (Å²) in [5.41, 5.74) is 1.93. The molecule has 3 rings (SSSR count). The molecule has 1 aromatic heterocycles. The molecule has 0 saturated heterocycles. The summed E-state index contributed by atoms with van der Waals surface area (Å²) in [7, 11) is 0. The first-order valence-corrected chi connectivity index (χ1v) is 7.58. The molecule has 2 nitrogen and oxygen atoms in total. The Bertz CT molecular complexity index is 814. The van der Waals surface area contributed by atoms with Crippen LogP contribution in [0.2, 0.25) is 10.0 Å². The van der Waals surface area contributed by atoms with Gasteiger partial charge in [0.05, 0.1) is 26.8 Å². The third-order valence-electron chi connectivity index (χ3n) is 3.16. The molecule has 0 aliphatic rings. The van der Waals surface area contributed by atoms with E-state index in [-0.39, 0.29) is 5.82 Å². The van der Waals surface area contributed by atoms with Crippen LogP contribution in [-0.4, -0.2) is 15.4 Å². The van der Waals surface area contributed by atoms with E-state index in [1.165, 1.54) is 18.2 Å². The minimum atomic E-state index is -0.375. The lowest BCUT2D eigenvalue weighted by Crippen LogP contribution is -2.03. The molecule has 0 unspecified atom stereocenters. The van der Waals surface area contributed by atoms with Gasteiger partial charge in [-0.05, 0) is 30.3 Å². The van der Waals surface area contributed by atoms with Crippen LogP contribution in [-0.2, 0) is 6.42 Å². The number of imidazole rings is 1. The Kier molecular flexibility index (Phi) is 4.07. The van der Waals surface area contributed by atoms with Crippen molar-refractivity contribution in [3.63, 3.8) is 0 Å². The van der Waals surface area contributed by atoms with Gasteiger partial charge in [0.2, 0.25) is 0 Å². The van der Waals surface area contributed by atoms with Crippen LogP contribution in [0, 0.1) is 5.82 Å². The Morgan fingerprint density at radius 3 is 2.67 bits per heavy atom. The molecule has 0 amide bonds. The largest absolute Gasteiger partial charge is 0.293 e. The van der Waals surface area contributed by atoms with E-state index >= 15 is 0 Å². The lowest BCUT2D eigenvalue weighted by atomic mass is 10.2. The summed E-state index contributed by atoms with van der Waals surface area (Å²) in [6.07, 6.45) is 0.527. The molecule has 1 heterocycles. The van der Waals surface area contributed by atoms with Gasteiger partial charge in [-0.15, -0.1) is 11.6 Å². The van der Waals surface area contributed by atoms with Crippen LogP contribution in [0.25, 0.3) is 16.7 Å². The van der Waals surface area contributed by atoms with Gasteiger partial charge in [0.25, 0.3) is 0 Å². The van der Waals surface area contributed by atoms with Crippen molar-refractivity contribution in [2.75, 3.05) is 5.88 Å². The number of aromatic nitrogens is 2. The number of rotatable bonds is 3. The molecule has 0 bridgehead atoms. The van der Waals surface area contributed by atoms with E-state index in [0.717, 1.165) is 5.52 Å². The smallest absolute Gasteiger partial charge is 0.125 e. The number of hydrogen-bond acceptors (Lipinski definition) is 1. The van der Waals surface area contributed by atoms with Crippen molar-refractivity contribution in [1.82, 2.24) is 9.55 Å². The number of para-hydroxylation sites is 1. The summed E-state index contributed by atoms with van der Waals surface area (Å²) in [4.78, 5) is 4.52. The highest BCUT2D eigenvalue weighted by Gasteiger charge is 2.17. The average Bonchev–Trinajstić information content (AvgIpc) is 2.81. The van der Waals surface area contributed by atoms with Gasteiger partial charge < -0.3 is 0 Å². The zero-order valence-electron chi connectivity index (χ0n) is 10.8. The zero-order valence-corrected chi connectivity index (χ0v) is 13.1. The summed E-state index contributed by atoms with van der Waals surface area (Å²) >= 11 is 18.3. The van der Waals surface area contributed by atoms with E-state index in [9.17, 15) is 4.39 Å². The monoisotopic (exact) mass is 342 g/mol. The Morgan fingerprint density at radius 1 is 1.10 bits per heavy atom.